The van der Waals surface area contributed by atoms with E-state index in [0.29, 0.717) is 12.1 Å². The number of rotatable bonds is 3. The third-order valence-electron chi connectivity index (χ3n) is 5.15. The second kappa shape index (κ2) is 8.08. The second-order valence-corrected chi connectivity index (χ2v) is 7.50. The molecule has 3 aromatic rings. The first-order valence-electron chi connectivity index (χ1n) is 9.39. The summed E-state index contributed by atoms with van der Waals surface area (Å²) < 4.78 is 0. The molecule has 3 aromatic carbocycles. The first-order chi connectivity index (χ1) is 14.4. The van der Waals surface area contributed by atoms with E-state index in [1.807, 2.05) is 42.5 Å². The molecular formula is C23H19ClN2O4. The molecule has 3 N–H and O–H groups in total. The molecule has 4 rings (SSSR count). The minimum Gasteiger partial charge on any atom is -0.507 e. The van der Waals surface area contributed by atoms with Crippen LogP contribution in [0.15, 0.2) is 66.7 Å². The van der Waals surface area contributed by atoms with Gasteiger partial charge in [-0.15, -0.1) is 0 Å². The number of fused-ring (bicyclic) bond motifs is 1. The predicted molar refractivity (Wildman–Crippen MR) is 114 cm³/mol. The molecule has 0 aliphatic carbocycles. The normalized spacial score (nSPS) is 15.4. The lowest BCUT2D eigenvalue weighted by atomic mass is 9.92. The van der Waals surface area contributed by atoms with Gasteiger partial charge in [0, 0.05) is 24.7 Å². The number of carbonyl (C=O) groups excluding carboxylic acids is 2. The van der Waals surface area contributed by atoms with Crippen LogP contribution in [0.2, 0.25) is 5.02 Å². The van der Waals surface area contributed by atoms with E-state index in [4.69, 9.17) is 11.6 Å². The topological polar surface area (TPSA) is 89.9 Å². The Morgan fingerprint density at radius 2 is 1.60 bits per heavy atom. The smallest absolute Gasteiger partial charge is 0.258 e. The molecule has 30 heavy (non-hydrogen) atoms. The zero-order valence-electron chi connectivity index (χ0n) is 15.9. The van der Waals surface area contributed by atoms with Crippen LogP contribution in [0.25, 0.3) is 0 Å². The first-order valence-corrected chi connectivity index (χ1v) is 9.77. The molecule has 152 valence electrons. The fourth-order valence-corrected chi connectivity index (χ4v) is 3.76. The average Bonchev–Trinajstić information content (AvgIpc) is 2.75. The van der Waals surface area contributed by atoms with E-state index in [-0.39, 0.29) is 28.8 Å². The number of aromatic hydroxyl groups is 2. The quantitative estimate of drug-likeness (QED) is 0.596. The van der Waals surface area contributed by atoms with E-state index in [1.54, 1.807) is 12.1 Å². The van der Waals surface area contributed by atoms with Crippen LogP contribution in [0.1, 0.15) is 21.5 Å². The van der Waals surface area contributed by atoms with Crippen molar-refractivity contribution in [3.8, 4) is 11.5 Å². The first kappa shape index (κ1) is 19.8. The summed E-state index contributed by atoms with van der Waals surface area (Å²) in [6.45, 7) is 0.208. The number of hydrogen-bond acceptors (Lipinski definition) is 4. The van der Waals surface area contributed by atoms with Crippen molar-refractivity contribution in [2.45, 2.75) is 19.0 Å². The lowest BCUT2D eigenvalue weighted by Gasteiger charge is -2.36. The van der Waals surface area contributed by atoms with Crippen molar-refractivity contribution in [1.82, 2.24) is 4.90 Å². The van der Waals surface area contributed by atoms with Crippen molar-refractivity contribution in [2.75, 3.05) is 5.32 Å². The van der Waals surface area contributed by atoms with Crippen LogP contribution in [0.5, 0.6) is 11.5 Å². The van der Waals surface area contributed by atoms with E-state index in [1.165, 1.54) is 11.0 Å². The maximum Gasteiger partial charge on any atom is 0.258 e. The summed E-state index contributed by atoms with van der Waals surface area (Å²) in [4.78, 5) is 27.8. The molecule has 1 atom stereocenters. The Kier molecular flexibility index (Phi) is 5.33. The Bertz CT molecular complexity index is 1120. The van der Waals surface area contributed by atoms with Crippen molar-refractivity contribution in [1.29, 1.82) is 0 Å². The predicted octanol–water partition coefficient (Wildman–Crippen LogP) is 3.96. The van der Waals surface area contributed by atoms with Crippen molar-refractivity contribution >= 4 is 29.1 Å². The van der Waals surface area contributed by atoms with Gasteiger partial charge in [0.2, 0.25) is 5.91 Å². The Hall–Kier alpha value is -3.51. The molecule has 0 aromatic heterocycles. The summed E-state index contributed by atoms with van der Waals surface area (Å²) in [5.41, 5.74) is 2.47. The van der Waals surface area contributed by atoms with Crippen LogP contribution in [-0.2, 0) is 17.8 Å². The molecule has 6 nitrogen and oxygen atoms in total. The Labute approximate surface area is 178 Å². The highest BCUT2D eigenvalue weighted by Crippen LogP contribution is 2.34. The maximum atomic E-state index is 13.3. The van der Waals surface area contributed by atoms with Gasteiger partial charge in [0.25, 0.3) is 5.91 Å². The lowest BCUT2D eigenvalue weighted by Crippen LogP contribution is -2.50. The van der Waals surface area contributed by atoms with E-state index >= 15 is 0 Å². The highest BCUT2D eigenvalue weighted by Gasteiger charge is 2.36. The number of benzene rings is 3. The average molecular weight is 423 g/mol. The molecule has 0 spiro atoms. The number of amides is 2. The Balaban J connectivity index is 1.70. The number of halogens is 1. The Morgan fingerprint density at radius 3 is 2.33 bits per heavy atom. The largest absolute Gasteiger partial charge is 0.507 e. The summed E-state index contributed by atoms with van der Waals surface area (Å²) in [6, 6.07) is 18.1. The van der Waals surface area contributed by atoms with Gasteiger partial charge in [0.05, 0.1) is 10.6 Å². The number of para-hydroxylation sites is 1. The van der Waals surface area contributed by atoms with Gasteiger partial charge < -0.3 is 20.4 Å². The number of carbonyl (C=O) groups is 2. The van der Waals surface area contributed by atoms with Crippen molar-refractivity contribution in [2.24, 2.45) is 0 Å². The molecule has 0 saturated carbocycles. The van der Waals surface area contributed by atoms with Crippen LogP contribution in [0, 0.1) is 0 Å². The minimum absolute atomic E-state index is 0.0566. The highest BCUT2D eigenvalue weighted by atomic mass is 35.5. The molecule has 0 fully saturated rings. The molecule has 7 heteroatoms. The summed E-state index contributed by atoms with van der Waals surface area (Å²) >= 11 is 5.94. The maximum absolute atomic E-state index is 13.3. The summed E-state index contributed by atoms with van der Waals surface area (Å²) in [5.74, 6) is -1.60. The van der Waals surface area contributed by atoms with E-state index in [2.05, 4.69) is 5.32 Å². The van der Waals surface area contributed by atoms with Crippen LogP contribution in [-0.4, -0.2) is 33.0 Å². The van der Waals surface area contributed by atoms with E-state index in [9.17, 15) is 19.8 Å². The van der Waals surface area contributed by atoms with E-state index in [0.717, 1.165) is 17.2 Å². The van der Waals surface area contributed by atoms with Crippen LogP contribution < -0.4 is 5.32 Å². The zero-order chi connectivity index (χ0) is 21.3. The van der Waals surface area contributed by atoms with Gasteiger partial charge in [-0.2, -0.15) is 0 Å². The molecular weight excluding hydrogens is 404 g/mol. The molecule has 0 bridgehead atoms. The molecule has 0 unspecified atom stereocenters. The monoisotopic (exact) mass is 422 g/mol. The molecule has 0 saturated heterocycles. The van der Waals surface area contributed by atoms with Crippen LogP contribution in [0.3, 0.4) is 0 Å². The number of hydrogen-bond donors (Lipinski definition) is 3. The van der Waals surface area contributed by atoms with Gasteiger partial charge in [-0.3, -0.25) is 9.59 Å². The molecule has 1 aliphatic rings. The SMILES string of the molecule is O=C(Nc1ccccc1)[C@H]1Cc2ccccc2CN1C(=O)c1cc(Cl)c(O)cc1O. The Morgan fingerprint density at radius 1 is 0.933 bits per heavy atom. The number of nitrogens with one attached hydrogen (secondary N) is 1. The van der Waals surface area contributed by atoms with Gasteiger partial charge in [-0.25, -0.2) is 0 Å². The van der Waals surface area contributed by atoms with Gasteiger partial charge in [-0.05, 0) is 29.3 Å². The van der Waals surface area contributed by atoms with Gasteiger partial charge in [0.1, 0.15) is 17.5 Å². The van der Waals surface area contributed by atoms with Crippen molar-refractivity contribution in [3.05, 3.63) is 88.4 Å². The second-order valence-electron chi connectivity index (χ2n) is 7.10. The molecule has 2 amide bonds. The summed E-state index contributed by atoms with van der Waals surface area (Å²) in [5, 5.41) is 22.7. The van der Waals surface area contributed by atoms with Crippen LogP contribution >= 0.6 is 11.6 Å². The summed E-state index contributed by atoms with van der Waals surface area (Å²) in [7, 11) is 0. The number of phenols is 2. The summed E-state index contributed by atoms with van der Waals surface area (Å²) in [6.07, 6.45) is 0.340. The number of phenolic OH excluding ortho intramolecular Hbond substituents is 2. The highest BCUT2D eigenvalue weighted by molar-refractivity contribution is 6.32. The molecule has 1 aliphatic heterocycles. The van der Waals surface area contributed by atoms with Gasteiger partial charge >= 0.3 is 0 Å². The minimum atomic E-state index is -0.778. The van der Waals surface area contributed by atoms with Gasteiger partial charge in [0.15, 0.2) is 0 Å². The third kappa shape index (κ3) is 3.82. The standard InChI is InChI=1S/C23H19ClN2O4/c24-18-11-17(20(27)12-21(18)28)23(30)26-13-15-7-5-4-6-14(15)10-19(26)22(29)25-16-8-2-1-3-9-16/h1-9,11-12,19,27-28H,10,13H2,(H,25,29)/t19-/m1/s1. The molecule has 1 heterocycles. The zero-order valence-corrected chi connectivity index (χ0v) is 16.6. The fraction of sp³-hybridized carbons (Fsp3) is 0.130. The number of anilines is 1. The van der Waals surface area contributed by atoms with Crippen molar-refractivity contribution < 1.29 is 19.8 Å². The fourth-order valence-electron chi connectivity index (χ4n) is 3.59. The number of nitrogens with zero attached hydrogens (tertiary/aromatic N) is 1. The third-order valence-corrected chi connectivity index (χ3v) is 5.45. The van der Waals surface area contributed by atoms with E-state index < -0.39 is 17.7 Å². The van der Waals surface area contributed by atoms with Gasteiger partial charge in [-0.1, -0.05) is 54.1 Å². The van der Waals surface area contributed by atoms with Crippen molar-refractivity contribution in [3.63, 3.8) is 0 Å². The lowest BCUT2D eigenvalue weighted by molar-refractivity contribution is -0.121. The molecule has 0 radical (unpaired) electrons. The van der Waals surface area contributed by atoms with Crippen LogP contribution in [0.4, 0.5) is 5.69 Å².